The van der Waals surface area contributed by atoms with Crippen LogP contribution in [0.4, 0.5) is 5.95 Å². The van der Waals surface area contributed by atoms with Crippen molar-refractivity contribution in [2.75, 3.05) is 19.0 Å². The van der Waals surface area contributed by atoms with Gasteiger partial charge in [0.15, 0.2) is 5.16 Å². The minimum Gasteiger partial charge on any atom is -0.494 e. The molecule has 2 aromatic heterocycles. The topological polar surface area (TPSA) is 75.7 Å². The first-order valence-corrected chi connectivity index (χ1v) is 7.41. The van der Waals surface area contributed by atoms with Crippen molar-refractivity contribution in [2.24, 2.45) is 0 Å². The van der Waals surface area contributed by atoms with Crippen LogP contribution in [0.5, 0.6) is 5.75 Å². The number of imidazole rings is 1. The molecule has 0 aliphatic carbocycles. The van der Waals surface area contributed by atoms with Gasteiger partial charge in [-0.05, 0) is 36.9 Å². The predicted octanol–water partition coefficient (Wildman–Crippen LogP) is 2.94. The molecule has 6 nitrogen and oxygen atoms in total. The van der Waals surface area contributed by atoms with Gasteiger partial charge in [0, 0.05) is 19.3 Å². The van der Waals surface area contributed by atoms with Crippen molar-refractivity contribution in [3.8, 4) is 5.75 Å². The highest BCUT2D eigenvalue weighted by Crippen LogP contribution is 2.27. The number of benzene rings is 1. The van der Waals surface area contributed by atoms with Crippen LogP contribution in [0.3, 0.4) is 0 Å². The molecule has 2 heterocycles. The summed E-state index contributed by atoms with van der Waals surface area (Å²) in [5.74, 6) is 1.43. The predicted molar refractivity (Wildman–Crippen MR) is 83.0 cm³/mol. The van der Waals surface area contributed by atoms with Crippen molar-refractivity contribution in [3.63, 3.8) is 0 Å². The Morgan fingerprint density at radius 3 is 3.00 bits per heavy atom. The molecule has 0 radical (unpaired) electrons. The quantitative estimate of drug-likeness (QED) is 0.706. The zero-order valence-electron chi connectivity index (χ0n) is 11.8. The average molecular weight is 301 g/mol. The average Bonchev–Trinajstić information content (AvgIpc) is 2.89. The van der Waals surface area contributed by atoms with E-state index in [-0.39, 0.29) is 0 Å². The fourth-order valence-corrected chi connectivity index (χ4v) is 2.65. The molecule has 0 saturated heterocycles. The summed E-state index contributed by atoms with van der Waals surface area (Å²) < 4.78 is 5.49. The summed E-state index contributed by atoms with van der Waals surface area (Å²) in [5, 5.41) is 4.54. The number of hydrogen-bond acceptors (Lipinski definition) is 6. The highest BCUT2D eigenvalue weighted by molar-refractivity contribution is 7.99. The molecule has 0 amide bonds. The Kier molecular flexibility index (Phi) is 3.92. The van der Waals surface area contributed by atoms with E-state index in [1.165, 1.54) is 11.8 Å². The number of aromatic nitrogens is 4. The van der Waals surface area contributed by atoms with Gasteiger partial charge in [-0.2, -0.15) is 0 Å². The Hall–Kier alpha value is -2.28. The summed E-state index contributed by atoms with van der Waals surface area (Å²) in [6, 6.07) is 7.67. The smallest absolute Gasteiger partial charge is 0.223 e. The summed E-state index contributed by atoms with van der Waals surface area (Å²) in [5.41, 5.74) is 1.86. The monoisotopic (exact) mass is 301 g/mol. The van der Waals surface area contributed by atoms with E-state index in [4.69, 9.17) is 4.74 Å². The molecule has 3 aromatic rings. The van der Waals surface area contributed by atoms with Crippen LogP contribution in [0.2, 0.25) is 0 Å². The molecule has 0 aliphatic rings. The van der Waals surface area contributed by atoms with Crippen LogP contribution in [0, 0.1) is 0 Å². The Bertz CT molecular complexity index is 758. The van der Waals surface area contributed by atoms with Crippen LogP contribution in [-0.4, -0.2) is 33.6 Å². The molecule has 0 bridgehead atoms. The lowest BCUT2D eigenvalue weighted by atomic mass is 10.3. The third-order valence-electron chi connectivity index (χ3n) is 2.80. The van der Waals surface area contributed by atoms with Crippen LogP contribution < -0.4 is 10.1 Å². The summed E-state index contributed by atoms with van der Waals surface area (Å²) in [6.07, 6.45) is 1.72. The van der Waals surface area contributed by atoms with Gasteiger partial charge in [-0.25, -0.2) is 15.0 Å². The molecule has 108 valence electrons. The number of nitrogens with one attached hydrogen (secondary N) is 2. The van der Waals surface area contributed by atoms with E-state index in [0.29, 0.717) is 12.6 Å². The molecule has 2 N–H and O–H groups in total. The van der Waals surface area contributed by atoms with Gasteiger partial charge >= 0.3 is 0 Å². The first kappa shape index (κ1) is 13.7. The Morgan fingerprint density at radius 2 is 2.19 bits per heavy atom. The molecule has 0 spiro atoms. The fourth-order valence-electron chi connectivity index (χ4n) is 1.89. The van der Waals surface area contributed by atoms with E-state index in [9.17, 15) is 0 Å². The van der Waals surface area contributed by atoms with E-state index in [2.05, 4.69) is 25.3 Å². The third-order valence-corrected chi connectivity index (χ3v) is 3.62. The number of H-pyrrole nitrogens is 1. The lowest BCUT2D eigenvalue weighted by Gasteiger charge is -2.01. The molecule has 0 unspecified atom stereocenters. The second-order valence-corrected chi connectivity index (χ2v) is 5.23. The highest BCUT2D eigenvalue weighted by Gasteiger charge is 2.07. The third kappa shape index (κ3) is 3.08. The second kappa shape index (κ2) is 6.01. The lowest BCUT2D eigenvalue weighted by molar-refractivity contribution is 0.340. The molecule has 3 rings (SSSR count). The van der Waals surface area contributed by atoms with Crippen molar-refractivity contribution in [1.29, 1.82) is 0 Å². The van der Waals surface area contributed by atoms with Crippen LogP contribution in [0.1, 0.15) is 6.92 Å². The molecule has 1 aromatic carbocycles. The second-order valence-electron chi connectivity index (χ2n) is 4.22. The van der Waals surface area contributed by atoms with Gasteiger partial charge in [0.25, 0.3) is 0 Å². The zero-order chi connectivity index (χ0) is 14.7. The van der Waals surface area contributed by atoms with Crippen molar-refractivity contribution < 1.29 is 4.74 Å². The van der Waals surface area contributed by atoms with Crippen molar-refractivity contribution in [2.45, 2.75) is 17.1 Å². The number of hydrogen-bond donors (Lipinski definition) is 2. The van der Waals surface area contributed by atoms with E-state index < -0.39 is 0 Å². The van der Waals surface area contributed by atoms with Crippen LogP contribution >= 0.6 is 11.8 Å². The highest BCUT2D eigenvalue weighted by atomic mass is 32.2. The molecular formula is C14H15N5OS. The lowest BCUT2D eigenvalue weighted by Crippen LogP contribution is -1.95. The van der Waals surface area contributed by atoms with Crippen molar-refractivity contribution in [3.05, 3.63) is 30.5 Å². The number of anilines is 1. The minimum atomic E-state index is 0.592. The fraction of sp³-hybridized carbons (Fsp3) is 0.214. The molecule has 0 atom stereocenters. The van der Waals surface area contributed by atoms with Crippen molar-refractivity contribution >= 4 is 28.7 Å². The maximum atomic E-state index is 5.49. The van der Waals surface area contributed by atoms with Gasteiger partial charge in [0.05, 0.1) is 17.6 Å². The molecule has 0 fully saturated rings. The number of rotatable bonds is 5. The van der Waals surface area contributed by atoms with Crippen LogP contribution in [0.15, 0.2) is 40.6 Å². The number of ether oxygens (including phenoxy) is 1. The first-order chi connectivity index (χ1) is 10.3. The minimum absolute atomic E-state index is 0.592. The van der Waals surface area contributed by atoms with E-state index in [1.807, 2.05) is 31.2 Å². The SMILES string of the molecule is CCOc1ccc2nc(Sc3ccnc(NC)n3)[nH]c2c1. The summed E-state index contributed by atoms with van der Waals surface area (Å²) in [6.45, 7) is 2.61. The number of aromatic amines is 1. The van der Waals surface area contributed by atoms with Gasteiger partial charge in [-0.3, -0.25) is 0 Å². The van der Waals surface area contributed by atoms with Gasteiger partial charge in [-0.1, -0.05) is 0 Å². The number of nitrogens with zero attached hydrogens (tertiary/aromatic N) is 3. The molecule has 0 saturated carbocycles. The van der Waals surface area contributed by atoms with Crippen molar-refractivity contribution in [1.82, 2.24) is 19.9 Å². The molecule has 21 heavy (non-hydrogen) atoms. The van der Waals surface area contributed by atoms with Gasteiger partial charge in [0.2, 0.25) is 5.95 Å². The normalized spacial score (nSPS) is 10.8. The molecule has 7 heteroatoms. The molecule has 0 aliphatic heterocycles. The Labute approximate surface area is 126 Å². The van der Waals surface area contributed by atoms with Gasteiger partial charge in [0.1, 0.15) is 10.8 Å². The van der Waals surface area contributed by atoms with Crippen LogP contribution in [0.25, 0.3) is 11.0 Å². The van der Waals surface area contributed by atoms with Crippen LogP contribution in [-0.2, 0) is 0 Å². The van der Waals surface area contributed by atoms with E-state index in [1.54, 1.807) is 13.2 Å². The van der Waals surface area contributed by atoms with Gasteiger partial charge < -0.3 is 15.0 Å². The summed E-state index contributed by atoms with van der Waals surface area (Å²) in [7, 11) is 1.79. The van der Waals surface area contributed by atoms with E-state index >= 15 is 0 Å². The maximum absolute atomic E-state index is 5.49. The summed E-state index contributed by atoms with van der Waals surface area (Å²) in [4.78, 5) is 16.3. The van der Waals surface area contributed by atoms with E-state index in [0.717, 1.165) is 27.0 Å². The molecular weight excluding hydrogens is 286 g/mol. The Morgan fingerprint density at radius 1 is 1.29 bits per heavy atom. The largest absolute Gasteiger partial charge is 0.494 e. The zero-order valence-corrected chi connectivity index (χ0v) is 12.6. The Balaban J connectivity index is 1.86. The maximum Gasteiger partial charge on any atom is 0.223 e. The summed E-state index contributed by atoms with van der Waals surface area (Å²) >= 11 is 1.46. The number of fused-ring (bicyclic) bond motifs is 1. The standard InChI is InChI=1S/C14H15N5OS/c1-3-20-9-4-5-10-11(8-9)18-14(17-10)21-12-6-7-16-13(15-2)19-12/h4-8H,3H2,1-2H3,(H,17,18)(H,15,16,19). The van der Waals surface area contributed by atoms with Gasteiger partial charge in [-0.15, -0.1) is 0 Å². The first-order valence-electron chi connectivity index (χ1n) is 6.59.